The molecule has 0 aliphatic heterocycles. The summed E-state index contributed by atoms with van der Waals surface area (Å²) < 4.78 is 33.7. The molecule has 0 radical (unpaired) electrons. The van der Waals surface area contributed by atoms with E-state index in [0.29, 0.717) is 23.4 Å². The summed E-state index contributed by atoms with van der Waals surface area (Å²) in [6.07, 6.45) is 2.13. The molecule has 5 nitrogen and oxygen atoms in total. The topological polar surface area (TPSA) is 78.6 Å². The number of ether oxygens (including phenoxy) is 2. The minimum atomic E-state index is -3.69. The van der Waals surface area contributed by atoms with E-state index in [1.807, 2.05) is 0 Å². The van der Waals surface area contributed by atoms with Crippen LogP contribution < -0.4 is 9.88 Å². The van der Waals surface area contributed by atoms with Crippen LogP contribution in [-0.4, -0.2) is 28.2 Å². The number of unbranched alkanes of at least 4 members (excludes halogenated alkanes) is 1. The number of sulfonamides is 1. The van der Waals surface area contributed by atoms with Gasteiger partial charge in [0.25, 0.3) is 0 Å². The molecule has 0 aliphatic carbocycles. The summed E-state index contributed by atoms with van der Waals surface area (Å²) in [5, 5.41) is 5.03. The van der Waals surface area contributed by atoms with Gasteiger partial charge in [-0.05, 0) is 40.5 Å². The Hall–Kier alpha value is -0.630. The first-order chi connectivity index (χ1) is 8.95. The summed E-state index contributed by atoms with van der Waals surface area (Å²) in [7, 11) is -3.69. The third-order valence-corrected chi connectivity index (χ3v) is 3.89. The van der Waals surface area contributed by atoms with Crippen molar-refractivity contribution in [2.45, 2.75) is 24.7 Å². The Kier molecular flexibility index (Phi) is 6.78. The average molecular weight is 352 g/mol. The van der Waals surface area contributed by atoms with Crippen LogP contribution in [-0.2, 0) is 14.8 Å². The molecule has 0 unspecified atom stereocenters. The van der Waals surface area contributed by atoms with E-state index in [-0.39, 0.29) is 4.90 Å². The number of hydrogen-bond donors (Lipinski definition) is 1. The number of primary sulfonamides is 1. The maximum Gasteiger partial charge on any atom is 0.238 e. The number of hydrogen-bond acceptors (Lipinski definition) is 4. The lowest BCUT2D eigenvalue weighted by atomic mass is 10.3. The molecular weight excluding hydrogens is 334 g/mol. The lowest BCUT2D eigenvalue weighted by molar-refractivity contribution is 0.0978. The Morgan fingerprint density at radius 1 is 1.26 bits per heavy atom. The molecule has 0 atom stereocenters. The quantitative estimate of drug-likeness (QED) is 0.728. The van der Waals surface area contributed by atoms with Crippen molar-refractivity contribution in [1.82, 2.24) is 0 Å². The Morgan fingerprint density at radius 3 is 2.58 bits per heavy atom. The average Bonchev–Trinajstić information content (AvgIpc) is 2.34. The fourth-order valence-electron chi connectivity index (χ4n) is 1.33. The predicted molar refractivity (Wildman–Crippen MR) is 76.7 cm³/mol. The monoisotopic (exact) mass is 351 g/mol. The van der Waals surface area contributed by atoms with Crippen molar-refractivity contribution in [2.24, 2.45) is 5.14 Å². The molecule has 1 aromatic carbocycles. The van der Waals surface area contributed by atoms with Crippen LogP contribution in [0.2, 0.25) is 0 Å². The third-order valence-electron chi connectivity index (χ3n) is 2.36. The Labute approximate surface area is 122 Å². The Morgan fingerprint density at radius 2 is 2.00 bits per heavy atom. The molecule has 7 heteroatoms. The highest BCUT2D eigenvalue weighted by Gasteiger charge is 2.10. The van der Waals surface area contributed by atoms with Crippen molar-refractivity contribution in [3.05, 3.63) is 22.7 Å². The summed E-state index contributed by atoms with van der Waals surface area (Å²) in [6, 6.07) is 4.39. The van der Waals surface area contributed by atoms with E-state index in [2.05, 4.69) is 22.9 Å². The molecular formula is C12H18BrNO4S. The summed E-state index contributed by atoms with van der Waals surface area (Å²) in [4.78, 5) is 0.0471. The van der Waals surface area contributed by atoms with Crippen molar-refractivity contribution in [3.8, 4) is 5.75 Å². The highest BCUT2D eigenvalue weighted by Crippen LogP contribution is 2.27. The van der Waals surface area contributed by atoms with Crippen LogP contribution in [0.3, 0.4) is 0 Å². The van der Waals surface area contributed by atoms with Gasteiger partial charge in [-0.1, -0.05) is 13.3 Å². The van der Waals surface area contributed by atoms with Crippen LogP contribution in [0.1, 0.15) is 19.8 Å². The van der Waals surface area contributed by atoms with Crippen LogP contribution in [0, 0.1) is 0 Å². The summed E-state index contributed by atoms with van der Waals surface area (Å²) in [5.41, 5.74) is 0. The zero-order chi connectivity index (χ0) is 14.3. The van der Waals surface area contributed by atoms with E-state index in [9.17, 15) is 8.42 Å². The molecule has 0 heterocycles. The van der Waals surface area contributed by atoms with E-state index in [1.165, 1.54) is 12.1 Å². The van der Waals surface area contributed by atoms with Gasteiger partial charge in [0, 0.05) is 6.61 Å². The second-order valence-corrected chi connectivity index (χ2v) is 6.37. The van der Waals surface area contributed by atoms with Gasteiger partial charge in [0.1, 0.15) is 12.4 Å². The van der Waals surface area contributed by atoms with Crippen LogP contribution in [0.25, 0.3) is 0 Å². The molecule has 0 saturated heterocycles. The first kappa shape index (κ1) is 16.4. The zero-order valence-electron chi connectivity index (χ0n) is 10.8. The van der Waals surface area contributed by atoms with Crippen LogP contribution >= 0.6 is 15.9 Å². The molecule has 1 aromatic rings. The van der Waals surface area contributed by atoms with E-state index >= 15 is 0 Å². The molecule has 0 bridgehead atoms. The lowest BCUT2D eigenvalue weighted by Gasteiger charge is -2.09. The molecule has 0 amide bonds. The van der Waals surface area contributed by atoms with E-state index < -0.39 is 10.0 Å². The maximum atomic E-state index is 11.2. The van der Waals surface area contributed by atoms with E-state index in [1.54, 1.807) is 6.07 Å². The fourth-order valence-corrected chi connectivity index (χ4v) is 2.52. The smallest absolute Gasteiger partial charge is 0.238 e. The normalized spacial score (nSPS) is 11.5. The number of rotatable bonds is 8. The van der Waals surface area contributed by atoms with E-state index in [0.717, 1.165) is 19.4 Å². The lowest BCUT2D eigenvalue weighted by Crippen LogP contribution is -2.12. The minimum Gasteiger partial charge on any atom is -0.490 e. The van der Waals surface area contributed by atoms with Gasteiger partial charge in [0.15, 0.2) is 0 Å². The second-order valence-electron chi connectivity index (χ2n) is 3.95. The minimum absolute atomic E-state index is 0.0471. The van der Waals surface area contributed by atoms with Gasteiger partial charge in [-0.3, -0.25) is 0 Å². The van der Waals surface area contributed by atoms with Gasteiger partial charge in [-0.2, -0.15) is 0 Å². The molecule has 0 fully saturated rings. The molecule has 0 saturated carbocycles. The van der Waals surface area contributed by atoms with Crippen molar-refractivity contribution < 1.29 is 17.9 Å². The maximum absolute atomic E-state index is 11.2. The largest absolute Gasteiger partial charge is 0.490 e. The second kappa shape index (κ2) is 7.84. The summed E-state index contributed by atoms with van der Waals surface area (Å²) in [5.74, 6) is 0.562. The molecule has 0 spiro atoms. The Balaban J connectivity index is 2.47. The highest BCUT2D eigenvalue weighted by molar-refractivity contribution is 9.10. The summed E-state index contributed by atoms with van der Waals surface area (Å²) in [6.45, 7) is 3.75. The van der Waals surface area contributed by atoms with Gasteiger partial charge in [0.2, 0.25) is 10.0 Å². The van der Waals surface area contributed by atoms with Crippen molar-refractivity contribution in [1.29, 1.82) is 0 Å². The van der Waals surface area contributed by atoms with Crippen LogP contribution in [0.15, 0.2) is 27.6 Å². The van der Waals surface area contributed by atoms with Crippen LogP contribution in [0.4, 0.5) is 0 Å². The third kappa shape index (κ3) is 5.90. The zero-order valence-corrected chi connectivity index (χ0v) is 13.2. The molecule has 0 aromatic heterocycles. The van der Waals surface area contributed by atoms with Crippen molar-refractivity contribution in [3.63, 3.8) is 0 Å². The van der Waals surface area contributed by atoms with Crippen LogP contribution in [0.5, 0.6) is 5.75 Å². The fraction of sp³-hybridized carbons (Fsp3) is 0.500. The van der Waals surface area contributed by atoms with Gasteiger partial charge < -0.3 is 9.47 Å². The van der Waals surface area contributed by atoms with Gasteiger partial charge in [-0.25, -0.2) is 13.6 Å². The molecule has 0 aliphatic rings. The van der Waals surface area contributed by atoms with Gasteiger partial charge >= 0.3 is 0 Å². The number of halogens is 1. The first-order valence-corrected chi connectivity index (χ1v) is 8.32. The first-order valence-electron chi connectivity index (χ1n) is 5.98. The molecule has 2 N–H and O–H groups in total. The van der Waals surface area contributed by atoms with Gasteiger partial charge in [0.05, 0.1) is 16.0 Å². The molecule has 19 heavy (non-hydrogen) atoms. The number of benzene rings is 1. The summed E-state index contributed by atoms with van der Waals surface area (Å²) >= 11 is 3.25. The van der Waals surface area contributed by atoms with Gasteiger partial charge in [-0.15, -0.1) is 0 Å². The Bertz CT molecular complexity index is 504. The van der Waals surface area contributed by atoms with Crippen molar-refractivity contribution in [2.75, 3.05) is 19.8 Å². The number of nitrogens with two attached hydrogens (primary N) is 1. The van der Waals surface area contributed by atoms with E-state index in [4.69, 9.17) is 14.6 Å². The predicted octanol–water partition coefficient (Wildman–Crippen LogP) is 2.29. The van der Waals surface area contributed by atoms with Crippen molar-refractivity contribution >= 4 is 26.0 Å². The molecule has 1 rings (SSSR count). The standard InChI is InChI=1S/C12H18BrNO4S/c1-2-3-6-17-7-8-18-12-5-4-10(9-11(12)13)19(14,15)16/h4-5,9H,2-3,6-8H2,1H3,(H2,14,15,16). The highest BCUT2D eigenvalue weighted by atomic mass is 79.9. The SMILES string of the molecule is CCCCOCCOc1ccc(S(N)(=O)=O)cc1Br. The molecule has 108 valence electrons.